The van der Waals surface area contributed by atoms with Crippen LogP contribution in [-0.4, -0.2) is 25.3 Å². The Hall–Kier alpha value is -3.74. The second-order valence-electron chi connectivity index (χ2n) is 18.4. The first kappa shape index (κ1) is 39.5. The Bertz CT molecular complexity index is 1910. The van der Waals surface area contributed by atoms with Gasteiger partial charge in [0.1, 0.15) is 34.7 Å². The van der Waals surface area contributed by atoms with Gasteiger partial charge < -0.3 is 23.4 Å². The molecule has 4 aliphatic carbocycles. The summed E-state index contributed by atoms with van der Waals surface area (Å²) in [6, 6.07) is 12.1. The van der Waals surface area contributed by atoms with Crippen LogP contribution in [0.1, 0.15) is 124 Å². The Morgan fingerprint density at radius 1 is 0.909 bits per heavy atom. The second kappa shape index (κ2) is 16.4. The number of aryl methyl sites for hydroxylation is 1. The van der Waals surface area contributed by atoms with E-state index >= 15 is 0 Å². The average molecular weight is 753 g/mol. The van der Waals surface area contributed by atoms with E-state index in [9.17, 15) is 9.59 Å². The smallest absolute Gasteiger partial charge is 0.344 e. The van der Waals surface area contributed by atoms with Crippen LogP contribution < -0.4 is 19.6 Å². The lowest BCUT2D eigenvalue weighted by Gasteiger charge is -2.61. The van der Waals surface area contributed by atoms with Crippen LogP contribution in [0.4, 0.5) is 0 Å². The van der Waals surface area contributed by atoms with Gasteiger partial charge in [0.2, 0.25) is 11.2 Å². The third-order valence-electron chi connectivity index (χ3n) is 14.4. The zero-order chi connectivity index (χ0) is 38.9. The number of hydrogen-bond donors (Lipinski definition) is 0. The van der Waals surface area contributed by atoms with Crippen LogP contribution in [0.3, 0.4) is 0 Å². The van der Waals surface area contributed by atoms with Crippen LogP contribution in [0.15, 0.2) is 63.3 Å². The van der Waals surface area contributed by atoms with Gasteiger partial charge in [0, 0.05) is 12.5 Å². The van der Waals surface area contributed by atoms with Crippen LogP contribution in [0.2, 0.25) is 0 Å². The maximum Gasteiger partial charge on any atom is 0.344 e. The summed E-state index contributed by atoms with van der Waals surface area (Å²) in [4.78, 5) is 26.4. The summed E-state index contributed by atoms with van der Waals surface area (Å²) in [6.07, 6.45) is 17.5. The molecule has 1 aromatic heterocycles. The fourth-order valence-corrected chi connectivity index (χ4v) is 11.3. The van der Waals surface area contributed by atoms with E-state index in [1.54, 1.807) is 49.4 Å². The quantitative estimate of drug-likeness (QED) is 0.127. The van der Waals surface area contributed by atoms with Crippen molar-refractivity contribution < 1.29 is 28.2 Å². The monoisotopic (exact) mass is 752 g/mol. The molecule has 2 aromatic carbocycles. The van der Waals surface area contributed by atoms with E-state index in [0.29, 0.717) is 40.3 Å². The Kier molecular flexibility index (Phi) is 11.8. The van der Waals surface area contributed by atoms with Crippen LogP contribution in [0, 0.1) is 53.3 Å². The van der Waals surface area contributed by atoms with E-state index in [1.807, 2.05) is 6.92 Å². The van der Waals surface area contributed by atoms with E-state index in [0.717, 1.165) is 60.5 Å². The number of fused-ring (bicyclic) bond motifs is 6. The fourth-order valence-electron chi connectivity index (χ4n) is 11.3. The largest absolute Gasteiger partial charge is 0.494 e. The maximum absolute atomic E-state index is 13.3. The molecule has 7 rings (SSSR count). The Balaban J connectivity index is 0.925. The highest BCUT2D eigenvalue weighted by Crippen LogP contribution is 2.65. The molecule has 7 heteroatoms. The summed E-state index contributed by atoms with van der Waals surface area (Å²) in [5.41, 5.74) is 2.29. The van der Waals surface area contributed by atoms with Crippen LogP contribution >= 0.6 is 0 Å². The van der Waals surface area contributed by atoms with E-state index in [-0.39, 0.29) is 35.3 Å². The Morgan fingerprint density at radius 2 is 1.67 bits per heavy atom. The van der Waals surface area contributed by atoms with Gasteiger partial charge in [0.05, 0.1) is 12.0 Å². The molecule has 0 unspecified atom stereocenters. The molecule has 0 amide bonds. The molecule has 0 radical (unpaired) electrons. The van der Waals surface area contributed by atoms with Gasteiger partial charge >= 0.3 is 5.97 Å². The molecule has 55 heavy (non-hydrogen) atoms. The molecular formula is C48H64O7. The molecule has 298 valence electrons. The first-order valence-electron chi connectivity index (χ1n) is 21.4. The lowest BCUT2D eigenvalue weighted by atomic mass is 9.44. The highest BCUT2D eigenvalue weighted by Gasteiger charge is 2.56. The molecule has 3 fully saturated rings. The first-order valence-corrected chi connectivity index (χ1v) is 21.4. The Labute approximate surface area is 328 Å². The van der Waals surface area contributed by atoms with Crippen molar-refractivity contribution >= 4 is 16.9 Å². The summed E-state index contributed by atoms with van der Waals surface area (Å²) in [5.74, 6) is 6.67. The number of rotatable bonds is 13. The maximum atomic E-state index is 13.3. The average Bonchev–Trinajstić information content (AvgIpc) is 3.15. The predicted octanol–water partition coefficient (Wildman–Crippen LogP) is 12.0. The van der Waals surface area contributed by atoms with Gasteiger partial charge in [0.15, 0.2) is 6.61 Å². The van der Waals surface area contributed by atoms with Gasteiger partial charge in [-0.25, -0.2) is 4.79 Å². The summed E-state index contributed by atoms with van der Waals surface area (Å²) in [5, 5.41) is 0.368. The fraction of sp³-hybridized carbons (Fsp3) is 0.625. The van der Waals surface area contributed by atoms with E-state index in [4.69, 9.17) is 23.4 Å². The molecular weight excluding hydrogens is 689 g/mol. The number of benzene rings is 2. The van der Waals surface area contributed by atoms with Gasteiger partial charge in [0.25, 0.3) is 0 Å². The lowest BCUT2D eigenvalue weighted by Crippen LogP contribution is -2.52. The highest BCUT2D eigenvalue weighted by molar-refractivity contribution is 5.80. The molecule has 7 nitrogen and oxygen atoms in total. The molecule has 0 spiro atoms. The van der Waals surface area contributed by atoms with Crippen molar-refractivity contribution in [1.82, 2.24) is 0 Å². The van der Waals surface area contributed by atoms with Crippen LogP contribution in [-0.2, 0) is 9.53 Å². The van der Waals surface area contributed by atoms with Crippen molar-refractivity contribution in [3.63, 3.8) is 0 Å². The van der Waals surface area contributed by atoms with Crippen LogP contribution in [0.25, 0.3) is 11.0 Å². The molecule has 1 heterocycles. The molecule has 0 aliphatic heterocycles. The minimum atomic E-state index is -0.372. The van der Waals surface area contributed by atoms with E-state index < -0.39 is 0 Å². The number of ether oxygens (including phenoxy) is 4. The standard InChI is InChI=1S/C48H64O7/c1-8-51-35-14-16-36(17-15-35)55-46-32(5)53-43-27-37(18-20-40(43)45(46)50)52-29-44(49)54-38-22-25-48(7)34(26-38)13-19-39-41-21-12-33(31(4)11-9-10-30(2)3)28-47(41,6)24-23-42(39)48/h13-18,20,27,30-31,33,38-39,41-42H,8-12,19,21-26,28-29H2,1-7H3/t31-,33+,38+,39-,41+,42-,47+,48-/m0/s1. The van der Waals surface area contributed by atoms with Crippen molar-refractivity contribution in [2.24, 2.45) is 46.3 Å². The number of esters is 1. The zero-order valence-electron chi connectivity index (χ0n) is 34.4. The minimum Gasteiger partial charge on any atom is -0.494 e. The van der Waals surface area contributed by atoms with Crippen molar-refractivity contribution in [3.05, 3.63) is 70.1 Å². The van der Waals surface area contributed by atoms with Crippen LogP contribution in [0.5, 0.6) is 23.0 Å². The molecule has 8 atom stereocenters. The highest BCUT2D eigenvalue weighted by atomic mass is 16.6. The van der Waals surface area contributed by atoms with Gasteiger partial charge in [-0.2, -0.15) is 0 Å². The van der Waals surface area contributed by atoms with Crippen molar-refractivity contribution in [2.45, 2.75) is 132 Å². The number of carbonyl (C=O) groups excluding carboxylic acids is 1. The summed E-state index contributed by atoms with van der Waals surface area (Å²) in [7, 11) is 0. The summed E-state index contributed by atoms with van der Waals surface area (Å²) >= 11 is 0. The lowest BCUT2D eigenvalue weighted by molar-refractivity contribution is -0.154. The summed E-state index contributed by atoms with van der Waals surface area (Å²) in [6.45, 7) is 16.4. The van der Waals surface area contributed by atoms with Crippen molar-refractivity contribution in [1.29, 1.82) is 0 Å². The zero-order valence-corrected chi connectivity index (χ0v) is 34.4. The van der Waals surface area contributed by atoms with E-state index in [2.05, 4.69) is 40.7 Å². The minimum absolute atomic E-state index is 0.125. The van der Waals surface area contributed by atoms with Gasteiger partial charge in [-0.3, -0.25) is 4.79 Å². The van der Waals surface area contributed by atoms with Gasteiger partial charge in [-0.05, 0) is 148 Å². The second-order valence-corrected chi connectivity index (χ2v) is 18.4. The molecule has 3 aromatic rings. The van der Waals surface area contributed by atoms with E-state index in [1.165, 1.54) is 63.4 Å². The number of allylic oxidation sites excluding steroid dienone is 1. The molecule has 0 N–H and O–H groups in total. The van der Waals surface area contributed by atoms with Crippen molar-refractivity contribution in [2.75, 3.05) is 13.2 Å². The third-order valence-corrected chi connectivity index (χ3v) is 14.4. The SMILES string of the molecule is CCOc1ccc(Oc2c(C)oc3cc(OCC(=O)O[C@@H]4CC[C@@]5(C)C(=CC[C@H]6[C@H]7CC[C@@H]([C@@H](C)CCCC(C)C)C[C@@]7(C)CC[C@@H]65)C4)ccc3c2=O)cc1. The molecule has 0 saturated heterocycles. The molecule has 0 bridgehead atoms. The number of carbonyl (C=O) groups is 1. The Morgan fingerprint density at radius 3 is 2.44 bits per heavy atom. The van der Waals surface area contributed by atoms with Gasteiger partial charge in [-0.1, -0.05) is 65.5 Å². The molecule has 4 aliphatic rings. The first-order chi connectivity index (χ1) is 26.4. The van der Waals surface area contributed by atoms with Crippen molar-refractivity contribution in [3.8, 4) is 23.0 Å². The molecule has 3 saturated carbocycles. The van der Waals surface area contributed by atoms with Gasteiger partial charge in [-0.15, -0.1) is 0 Å². The number of hydrogen-bond acceptors (Lipinski definition) is 7. The predicted molar refractivity (Wildman–Crippen MR) is 218 cm³/mol. The third kappa shape index (κ3) is 8.37. The normalized spacial score (nSPS) is 29.4. The summed E-state index contributed by atoms with van der Waals surface area (Å²) < 4.78 is 29.3. The topological polar surface area (TPSA) is 84.2 Å².